The summed E-state index contributed by atoms with van der Waals surface area (Å²) in [4.78, 5) is 32.8. The Hall–Kier alpha value is -2.64. The summed E-state index contributed by atoms with van der Waals surface area (Å²) in [7, 11) is 0. The van der Waals surface area contributed by atoms with E-state index in [2.05, 4.69) is 5.32 Å². The monoisotopic (exact) mass is 299 g/mol. The minimum Gasteiger partial charge on any atom is -0.484 e. The van der Waals surface area contributed by atoms with E-state index in [0.29, 0.717) is 0 Å². The molecule has 1 aromatic rings. The van der Waals surface area contributed by atoms with E-state index in [0.717, 1.165) is 6.07 Å². The van der Waals surface area contributed by atoms with Crippen LogP contribution in [0.3, 0.4) is 0 Å². The van der Waals surface area contributed by atoms with Crippen LogP contribution in [0.1, 0.15) is 12.8 Å². The molecule has 0 radical (unpaired) electrons. The fraction of sp³-hybridized carbons (Fsp3) is 0.308. The Balaban J connectivity index is 2.46. The lowest BCUT2D eigenvalue weighted by Crippen LogP contribution is -2.43. The Morgan fingerprint density at radius 3 is 2.57 bits per heavy atom. The maximum absolute atomic E-state index is 12.9. The Morgan fingerprint density at radius 1 is 1.29 bits per heavy atom. The zero-order valence-electron chi connectivity index (χ0n) is 10.9. The van der Waals surface area contributed by atoms with E-state index in [1.54, 1.807) is 0 Å². The molecule has 1 atom stereocenters. The van der Waals surface area contributed by atoms with Crippen molar-refractivity contribution in [3.05, 3.63) is 30.1 Å². The van der Waals surface area contributed by atoms with Crippen LogP contribution in [-0.2, 0) is 14.4 Å². The van der Waals surface area contributed by atoms with Crippen LogP contribution in [0.2, 0.25) is 0 Å². The molecule has 0 aliphatic rings. The first kappa shape index (κ1) is 16.4. The van der Waals surface area contributed by atoms with Gasteiger partial charge in [-0.3, -0.25) is 9.59 Å². The SMILES string of the molecule is O=C(O)CC[C@H](NC(=O)COc1cccc(F)c1)C(=O)O. The molecule has 0 aromatic heterocycles. The van der Waals surface area contributed by atoms with Gasteiger partial charge in [0, 0.05) is 12.5 Å². The average Bonchev–Trinajstić information content (AvgIpc) is 2.40. The molecule has 1 rings (SSSR count). The molecular formula is C13H14FNO6. The highest BCUT2D eigenvalue weighted by atomic mass is 19.1. The number of amides is 1. The number of carbonyl (C=O) groups is 3. The summed E-state index contributed by atoms with van der Waals surface area (Å²) in [5.74, 6) is -3.64. The molecule has 0 unspecified atom stereocenters. The first-order chi connectivity index (χ1) is 9.88. The van der Waals surface area contributed by atoms with E-state index in [1.165, 1.54) is 18.2 Å². The van der Waals surface area contributed by atoms with Gasteiger partial charge in [0.25, 0.3) is 5.91 Å². The number of nitrogens with one attached hydrogen (secondary N) is 1. The molecule has 0 spiro atoms. The molecular weight excluding hydrogens is 285 g/mol. The van der Waals surface area contributed by atoms with Gasteiger partial charge in [-0.05, 0) is 18.6 Å². The van der Waals surface area contributed by atoms with Gasteiger partial charge >= 0.3 is 11.9 Å². The zero-order chi connectivity index (χ0) is 15.8. The van der Waals surface area contributed by atoms with E-state index in [9.17, 15) is 18.8 Å². The molecule has 7 nitrogen and oxygen atoms in total. The molecule has 1 amide bonds. The van der Waals surface area contributed by atoms with E-state index >= 15 is 0 Å². The van der Waals surface area contributed by atoms with Crippen LogP contribution in [0.5, 0.6) is 5.75 Å². The number of rotatable bonds is 8. The minimum absolute atomic E-state index is 0.127. The summed E-state index contributed by atoms with van der Waals surface area (Å²) in [5, 5.41) is 19.5. The molecule has 0 heterocycles. The third-order valence-corrected chi connectivity index (χ3v) is 2.45. The van der Waals surface area contributed by atoms with Crippen molar-refractivity contribution in [2.75, 3.05) is 6.61 Å². The topological polar surface area (TPSA) is 113 Å². The third-order valence-electron chi connectivity index (χ3n) is 2.45. The molecule has 8 heteroatoms. The number of benzene rings is 1. The second-order valence-electron chi connectivity index (χ2n) is 4.14. The number of halogens is 1. The standard InChI is InChI=1S/C13H14FNO6/c14-8-2-1-3-9(6-8)21-7-11(16)15-10(13(19)20)4-5-12(17)18/h1-3,6,10H,4-5,7H2,(H,15,16)(H,17,18)(H,19,20)/t10-/m0/s1. The van der Waals surface area contributed by atoms with Crippen molar-refractivity contribution < 1.29 is 33.7 Å². The van der Waals surface area contributed by atoms with Crippen molar-refractivity contribution in [2.24, 2.45) is 0 Å². The van der Waals surface area contributed by atoms with Gasteiger partial charge in [0.15, 0.2) is 6.61 Å². The first-order valence-electron chi connectivity index (χ1n) is 6.01. The molecule has 21 heavy (non-hydrogen) atoms. The van der Waals surface area contributed by atoms with Crippen LogP contribution < -0.4 is 10.1 Å². The van der Waals surface area contributed by atoms with Crippen LogP contribution in [-0.4, -0.2) is 40.7 Å². The van der Waals surface area contributed by atoms with Gasteiger partial charge in [-0.2, -0.15) is 0 Å². The van der Waals surface area contributed by atoms with Crippen molar-refractivity contribution >= 4 is 17.8 Å². The van der Waals surface area contributed by atoms with Crippen molar-refractivity contribution in [2.45, 2.75) is 18.9 Å². The highest BCUT2D eigenvalue weighted by Gasteiger charge is 2.21. The van der Waals surface area contributed by atoms with Gasteiger partial charge in [-0.15, -0.1) is 0 Å². The lowest BCUT2D eigenvalue weighted by Gasteiger charge is -2.13. The van der Waals surface area contributed by atoms with Gasteiger partial charge in [-0.25, -0.2) is 9.18 Å². The van der Waals surface area contributed by atoms with Crippen molar-refractivity contribution in [3.8, 4) is 5.75 Å². The Labute approximate surface area is 119 Å². The number of hydrogen-bond donors (Lipinski definition) is 3. The summed E-state index contributed by atoms with van der Waals surface area (Å²) in [6.45, 7) is -0.500. The number of carboxylic acid groups (broad SMARTS) is 2. The summed E-state index contributed by atoms with van der Waals surface area (Å²) >= 11 is 0. The molecule has 114 valence electrons. The van der Waals surface area contributed by atoms with Crippen molar-refractivity contribution in [3.63, 3.8) is 0 Å². The smallest absolute Gasteiger partial charge is 0.326 e. The maximum Gasteiger partial charge on any atom is 0.326 e. The molecule has 0 saturated heterocycles. The summed E-state index contributed by atoms with van der Waals surface area (Å²) in [6, 6.07) is 3.81. The normalized spacial score (nSPS) is 11.5. The van der Waals surface area contributed by atoms with Gasteiger partial charge in [0.1, 0.15) is 17.6 Å². The molecule has 0 bridgehead atoms. The maximum atomic E-state index is 12.9. The lowest BCUT2D eigenvalue weighted by atomic mass is 10.1. The first-order valence-corrected chi connectivity index (χ1v) is 6.01. The van der Waals surface area contributed by atoms with Crippen LogP contribution in [0.4, 0.5) is 4.39 Å². The largest absolute Gasteiger partial charge is 0.484 e. The number of carbonyl (C=O) groups excluding carboxylic acids is 1. The predicted molar refractivity (Wildman–Crippen MR) is 68.3 cm³/mol. The number of hydrogen-bond acceptors (Lipinski definition) is 4. The number of ether oxygens (including phenoxy) is 1. The van der Waals surface area contributed by atoms with Gasteiger partial charge < -0.3 is 20.3 Å². The Bertz CT molecular complexity index is 533. The molecule has 0 fully saturated rings. The second-order valence-corrected chi connectivity index (χ2v) is 4.14. The number of aliphatic carboxylic acids is 2. The van der Waals surface area contributed by atoms with Crippen LogP contribution in [0, 0.1) is 5.82 Å². The zero-order valence-corrected chi connectivity index (χ0v) is 10.9. The van der Waals surface area contributed by atoms with Crippen LogP contribution in [0.15, 0.2) is 24.3 Å². The lowest BCUT2D eigenvalue weighted by molar-refractivity contribution is -0.143. The summed E-state index contributed by atoms with van der Waals surface area (Å²) in [5.41, 5.74) is 0. The molecule has 3 N–H and O–H groups in total. The number of carboxylic acids is 2. The van der Waals surface area contributed by atoms with E-state index in [1.807, 2.05) is 0 Å². The van der Waals surface area contributed by atoms with Crippen molar-refractivity contribution in [1.82, 2.24) is 5.32 Å². The average molecular weight is 299 g/mol. The molecule has 0 saturated carbocycles. The van der Waals surface area contributed by atoms with Gasteiger partial charge in [-0.1, -0.05) is 6.07 Å². The van der Waals surface area contributed by atoms with E-state index in [4.69, 9.17) is 14.9 Å². The second kappa shape index (κ2) is 7.83. The van der Waals surface area contributed by atoms with Crippen LogP contribution in [0.25, 0.3) is 0 Å². The summed E-state index contributed by atoms with van der Waals surface area (Å²) < 4.78 is 17.9. The van der Waals surface area contributed by atoms with E-state index < -0.39 is 36.3 Å². The van der Waals surface area contributed by atoms with E-state index in [-0.39, 0.29) is 18.6 Å². The Kier molecular flexibility index (Phi) is 6.12. The quantitative estimate of drug-likeness (QED) is 0.649. The fourth-order valence-corrected chi connectivity index (χ4v) is 1.47. The Morgan fingerprint density at radius 2 is 2.00 bits per heavy atom. The third kappa shape index (κ3) is 6.37. The highest BCUT2D eigenvalue weighted by Crippen LogP contribution is 2.11. The molecule has 0 aliphatic carbocycles. The molecule has 0 aliphatic heterocycles. The van der Waals surface area contributed by atoms with Gasteiger partial charge in [0.05, 0.1) is 0 Å². The van der Waals surface area contributed by atoms with Crippen molar-refractivity contribution in [1.29, 1.82) is 0 Å². The van der Waals surface area contributed by atoms with Crippen LogP contribution >= 0.6 is 0 Å². The molecule has 1 aromatic carbocycles. The highest BCUT2D eigenvalue weighted by molar-refractivity contribution is 5.84. The van der Waals surface area contributed by atoms with Gasteiger partial charge in [0.2, 0.25) is 0 Å². The minimum atomic E-state index is -1.34. The summed E-state index contributed by atoms with van der Waals surface area (Å²) in [6.07, 6.45) is -0.627. The predicted octanol–water partition coefficient (Wildman–Crippen LogP) is 0.639. The fourth-order valence-electron chi connectivity index (χ4n) is 1.47.